The Balaban J connectivity index is 3.06. The monoisotopic (exact) mass is 228 g/mol. The molecule has 0 N–H and O–H groups in total. The highest BCUT2D eigenvalue weighted by atomic mass is 31.2. The summed E-state index contributed by atoms with van der Waals surface area (Å²) in [6, 6.07) is 8.33. The zero-order chi connectivity index (χ0) is 11.3. The highest BCUT2D eigenvalue weighted by molar-refractivity contribution is 7.82. The lowest BCUT2D eigenvalue weighted by Crippen LogP contribution is -2.15. The van der Waals surface area contributed by atoms with Gasteiger partial charge < -0.3 is 9.26 Å². The molecule has 5 heteroatoms. The Kier molecular flexibility index (Phi) is 4.06. The largest absolute Gasteiger partial charge is 0.459 e. The summed E-state index contributed by atoms with van der Waals surface area (Å²) in [4.78, 5) is 11.5. The first-order valence-corrected chi connectivity index (χ1v) is 6.16. The SMILES string of the molecule is CCOC(=O)P(=O)(OC)c1ccccc1. The van der Waals surface area contributed by atoms with Crippen LogP contribution < -0.4 is 5.30 Å². The molecule has 0 radical (unpaired) electrons. The Morgan fingerprint density at radius 2 is 1.93 bits per heavy atom. The predicted molar refractivity (Wildman–Crippen MR) is 57.7 cm³/mol. The van der Waals surface area contributed by atoms with Gasteiger partial charge in [0.2, 0.25) is 0 Å². The van der Waals surface area contributed by atoms with Crippen molar-refractivity contribution in [3.05, 3.63) is 30.3 Å². The molecule has 0 fully saturated rings. The second-order valence-electron chi connectivity index (χ2n) is 2.77. The molecule has 1 unspecified atom stereocenters. The Morgan fingerprint density at radius 3 is 2.40 bits per heavy atom. The number of carbonyl (C=O) groups is 1. The van der Waals surface area contributed by atoms with Gasteiger partial charge in [-0.05, 0) is 19.1 Å². The minimum atomic E-state index is -3.52. The van der Waals surface area contributed by atoms with Crippen LogP contribution in [0.15, 0.2) is 30.3 Å². The lowest BCUT2D eigenvalue weighted by atomic mass is 10.4. The third-order valence-electron chi connectivity index (χ3n) is 1.86. The summed E-state index contributed by atoms with van der Waals surface area (Å²) >= 11 is 0. The molecule has 0 aliphatic carbocycles. The molecule has 0 amide bonds. The molecule has 15 heavy (non-hydrogen) atoms. The molecule has 0 saturated heterocycles. The Morgan fingerprint density at radius 1 is 1.33 bits per heavy atom. The number of ether oxygens (including phenoxy) is 1. The van der Waals surface area contributed by atoms with Crippen molar-refractivity contribution in [2.45, 2.75) is 6.92 Å². The normalized spacial score (nSPS) is 14.3. The van der Waals surface area contributed by atoms with Gasteiger partial charge in [-0.25, -0.2) is 4.79 Å². The fourth-order valence-corrected chi connectivity index (χ4v) is 2.55. The summed E-state index contributed by atoms with van der Waals surface area (Å²) in [6.07, 6.45) is 0. The fourth-order valence-electron chi connectivity index (χ4n) is 1.12. The Hall–Kier alpha value is -1.12. The maximum atomic E-state index is 12.2. The van der Waals surface area contributed by atoms with E-state index in [2.05, 4.69) is 0 Å². The highest BCUT2D eigenvalue weighted by Crippen LogP contribution is 2.46. The first kappa shape index (κ1) is 12.0. The van der Waals surface area contributed by atoms with E-state index in [4.69, 9.17) is 9.26 Å². The number of carbonyl (C=O) groups excluding carboxylic acids is 1. The van der Waals surface area contributed by atoms with Gasteiger partial charge in [-0.15, -0.1) is 0 Å². The average molecular weight is 228 g/mol. The Bertz CT molecular complexity index is 374. The lowest BCUT2D eigenvalue weighted by molar-refractivity contribution is 0.174. The van der Waals surface area contributed by atoms with Crippen molar-refractivity contribution in [1.82, 2.24) is 0 Å². The molecule has 1 rings (SSSR count). The van der Waals surface area contributed by atoms with E-state index in [1.54, 1.807) is 37.3 Å². The molecule has 4 nitrogen and oxygen atoms in total. The standard InChI is InChI=1S/C10H13O4P/c1-3-14-10(11)15(12,13-2)9-7-5-4-6-8-9/h4-8H,3H2,1-2H3. The molecule has 1 aromatic rings. The van der Waals surface area contributed by atoms with Gasteiger partial charge in [0.25, 0.3) is 0 Å². The zero-order valence-electron chi connectivity index (χ0n) is 8.67. The molecule has 0 bridgehead atoms. The number of hydrogen-bond donors (Lipinski definition) is 0. The fraction of sp³-hybridized carbons (Fsp3) is 0.300. The van der Waals surface area contributed by atoms with Gasteiger partial charge in [0.1, 0.15) is 0 Å². The summed E-state index contributed by atoms with van der Waals surface area (Å²) in [7, 11) is -2.28. The quantitative estimate of drug-likeness (QED) is 0.742. The van der Waals surface area contributed by atoms with Crippen LogP contribution in [-0.4, -0.2) is 19.4 Å². The third-order valence-corrected chi connectivity index (χ3v) is 3.96. The molecule has 0 spiro atoms. The maximum Gasteiger partial charge on any atom is 0.396 e. The van der Waals surface area contributed by atoms with E-state index in [9.17, 15) is 9.36 Å². The maximum absolute atomic E-state index is 12.2. The van der Waals surface area contributed by atoms with Gasteiger partial charge in [0, 0.05) is 12.4 Å². The van der Waals surface area contributed by atoms with Gasteiger partial charge in [-0.1, -0.05) is 18.2 Å². The van der Waals surface area contributed by atoms with Gasteiger partial charge in [0.15, 0.2) is 0 Å². The predicted octanol–water partition coefficient (Wildman–Crippen LogP) is 2.39. The number of hydrogen-bond acceptors (Lipinski definition) is 4. The van der Waals surface area contributed by atoms with Crippen LogP contribution in [0.5, 0.6) is 0 Å². The topological polar surface area (TPSA) is 52.6 Å². The molecule has 0 aliphatic heterocycles. The average Bonchev–Trinajstić information content (AvgIpc) is 2.29. The summed E-state index contributed by atoms with van der Waals surface area (Å²) in [5.74, 6) is 0. The van der Waals surface area contributed by atoms with Crippen molar-refractivity contribution in [2.75, 3.05) is 13.7 Å². The van der Waals surface area contributed by atoms with Gasteiger partial charge in [-0.2, -0.15) is 0 Å². The molecule has 1 aromatic carbocycles. The molecular weight excluding hydrogens is 215 g/mol. The lowest BCUT2D eigenvalue weighted by Gasteiger charge is -2.13. The van der Waals surface area contributed by atoms with Crippen LogP contribution >= 0.6 is 7.37 Å². The molecule has 0 saturated carbocycles. The van der Waals surface area contributed by atoms with Crippen LogP contribution in [-0.2, 0) is 13.8 Å². The van der Waals surface area contributed by atoms with Gasteiger partial charge in [0.05, 0.1) is 6.61 Å². The minimum absolute atomic E-state index is 0.180. The summed E-state index contributed by atoms with van der Waals surface area (Å²) in [6.45, 7) is 1.84. The minimum Gasteiger partial charge on any atom is -0.459 e. The van der Waals surface area contributed by atoms with Crippen molar-refractivity contribution in [1.29, 1.82) is 0 Å². The van der Waals surface area contributed by atoms with Crippen LogP contribution in [0.3, 0.4) is 0 Å². The third kappa shape index (κ3) is 2.46. The number of benzene rings is 1. The van der Waals surface area contributed by atoms with Crippen molar-refractivity contribution < 1.29 is 18.6 Å². The van der Waals surface area contributed by atoms with E-state index >= 15 is 0 Å². The Labute approximate surface area is 88.7 Å². The molecule has 0 aliphatic rings. The van der Waals surface area contributed by atoms with E-state index in [1.807, 2.05) is 0 Å². The van der Waals surface area contributed by atoms with E-state index in [1.165, 1.54) is 7.11 Å². The van der Waals surface area contributed by atoms with Crippen LogP contribution in [0.2, 0.25) is 0 Å². The van der Waals surface area contributed by atoms with Gasteiger partial charge >= 0.3 is 13.1 Å². The summed E-state index contributed by atoms with van der Waals surface area (Å²) in [5.41, 5.74) is -0.807. The smallest absolute Gasteiger partial charge is 0.396 e. The summed E-state index contributed by atoms with van der Waals surface area (Å²) < 4.78 is 21.7. The zero-order valence-corrected chi connectivity index (χ0v) is 9.57. The van der Waals surface area contributed by atoms with Crippen molar-refractivity contribution in [3.8, 4) is 0 Å². The van der Waals surface area contributed by atoms with Crippen LogP contribution in [0, 0.1) is 0 Å². The molecular formula is C10H13O4P. The second-order valence-corrected chi connectivity index (χ2v) is 5.12. The second kappa shape index (κ2) is 5.10. The highest BCUT2D eigenvalue weighted by Gasteiger charge is 2.35. The molecule has 82 valence electrons. The van der Waals surface area contributed by atoms with Crippen LogP contribution in [0.25, 0.3) is 0 Å². The van der Waals surface area contributed by atoms with E-state index in [0.717, 1.165) is 0 Å². The van der Waals surface area contributed by atoms with Gasteiger partial charge in [-0.3, -0.25) is 4.57 Å². The van der Waals surface area contributed by atoms with Crippen LogP contribution in [0.1, 0.15) is 6.92 Å². The van der Waals surface area contributed by atoms with Crippen molar-refractivity contribution in [2.24, 2.45) is 0 Å². The summed E-state index contributed by atoms with van der Waals surface area (Å²) in [5, 5.41) is 0.353. The number of rotatable bonds is 4. The molecule has 0 aromatic heterocycles. The molecule has 0 heterocycles. The molecule has 1 atom stereocenters. The van der Waals surface area contributed by atoms with E-state index in [0.29, 0.717) is 5.30 Å². The van der Waals surface area contributed by atoms with Crippen LogP contribution in [0.4, 0.5) is 4.79 Å². The van der Waals surface area contributed by atoms with Crippen molar-refractivity contribution >= 4 is 18.4 Å². The first-order valence-electron chi connectivity index (χ1n) is 4.54. The first-order chi connectivity index (χ1) is 7.15. The van der Waals surface area contributed by atoms with Crippen molar-refractivity contribution in [3.63, 3.8) is 0 Å². The van der Waals surface area contributed by atoms with E-state index < -0.39 is 13.1 Å². The van der Waals surface area contributed by atoms with E-state index in [-0.39, 0.29) is 6.61 Å².